The Morgan fingerprint density at radius 1 is 1.19 bits per heavy atom. The van der Waals surface area contributed by atoms with Gasteiger partial charge in [0.05, 0.1) is 13.7 Å². The number of hydrogen-bond donors (Lipinski definition) is 0. The number of methoxy groups -OCH3 is 1. The van der Waals surface area contributed by atoms with Crippen LogP contribution in [0.5, 0.6) is 11.5 Å². The van der Waals surface area contributed by atoms with Crippen LogP contribution in [0.3, 0.4) is 0 Å². The van der Waals surface area contributed by atoms with E-state index in [-0.39, 0.29) is 30.3 Å². The summed E-state index contributed by atoms with van der Waals surface area (Å²) in [4.78, 5) is 18.3. The highest BCUT2D eigenvalue weighted by Crippen LogP contribution is 2.36. The highest BCUT2D eigenvalue weighted by molar-refractivity contribution is 5.79. The molecule has 9 heteroatoms. The molecule has 1 aliphatic rings. The zero-order valence-electron chi connectivity index (χ0n) is 17.8. The predicted octanol–water partition coefficient (Wildman–Crippen LogP) is 4.68. The van der Waals surface area contributed by atoms with E-state index in [1.54, 1.807) is 25.3 Å². The maximum absolute atomic E-state index is 14.1. The zero-order chi connectivity index (χ0) is 22.7. The molecule has 0 N–H and O–H groups in total. The molecular weight excluding hydrogens is 420 g/mol. The molecule has 168 valence electrons. The number of amides is 1. The number of ether oxygens (including phenoxy) is 2. The molecular formula is C23H23F2N3O4. The summed E-state index contributed by atoms with van der Waals surface area (Å²) in [7, 11) is 1.55. The minimum Gasteiger partial charge on any atom is -0.493 e. The Hall–Kier alpha value is -3.49. The summed E-state index contributed by atoms with van der Waals surface area (Å²) in [6.07, 6.45) is 1.58. The number of aromatic nitrogens is 2. The van der Waals surface area contributed by atoms with E-state index in [0.717, 1.165) is 24.6 Å². The summed E-state index contributed by atoms with van der Waals surface area (Å²) in [5.74, 6) is 0.411. The molecule has 1 saturated heterocycles. The Morgan fingerprint density at radius 3 is 2.81 bits per heavy atom. The van der Waals surface area contributed by atoms with Crippen LogP contribution in [0.25, 0.3) is 11.4 Å². The van der Waals surface area contributed by atoms with Crippen LogP contribution in [0.15, 0.2) is 40.9 Å². The molecule has 1 unspecified atom stereocenters. The highest BCUT2D eigenvalue weighted by Gasteiger charge is 2.36. The second-order valence-corrected chi connectivity index (χ2v) is 7.48. The quantitative estimate of drug-likeness (QED) is 0.503. The van der Waals surface area contributed by atoms with Crippen LogP contribution in [-0.2, 0) is 11.3 Å². The van der Waals surface area contributed by atoms with Gasteiger partial charge in [-0.25, -0.2) is 8.78 Å². The van der Waals surface area contributed by atoms with Crippen LogP contribution in [-0.4, -0.2) is 34.7 Å². The lowest BCUT2D eigenvalue weighted by atomic mass is 10.1. The molecule has 1 aromatic heterocycles. The molecule has 0 aliphatic carbocycles. The largest absolute Gasteiger partial charge is 0.493 e. The van der Waals surface area contributed by atoms with E-state index < -0.39 is 17.7 Å². The van der Waals surface area contributed by atoms with Gasteiger partial charge in [0.25, 0.3) is 0 Å². The first-order valence-corrected chi connectivity index (χ1v) is 10.4. The second kappa shape index (κ2) is 9.33. The third-order valence-electron chi connectivity index (χ3n) is 5.29. The third-order valence-corrected chi connectivity index (χ3v) is 5.29. The van der Waals surface area contributed by atoms with Gasteiger partial charge < -0.3 is 18.9 Å². The van der Waals surface area contributed by atoms with Crippen LogP contribution >= 0.6 is 0 Å². The molecule has 1 amide bonds. The number of nitrogens with zero attached hydrogens (tertiary/aromatic N) is 3. The van der Waals surface area contributed by atoms with Gasteiger partial charge in [0.2, 0.25) is 17.6 Å². The molecule has 7 nitrogen and oxygen atoms in total. The van der Waals surface area contributed by atoms with Crippen molar-refractivity contribution in [1.82, 2.24) is 15.0 Å². The summed E-state index contributed by atoms with van der Waals surface area (Å²) in [6.45, 7) is 2.50. The fourth-order valence-corrected chi connectivity index (χ4v) is 3.66. The summed E-state index contributed by atoms with van der Waals surface area (Å²) in [5.41, 5.74) is 0.755. The summed E-state index contributed by atoms with van der Waals surface area (Å²) in [6, 6.07) is 7.98. The first kappa shape index (κ1) is 21.7. The van der Waals surface area contributed by atoms with Crippen LogP contribution in [0.1, 0.15) is 43.7 Å². The van der Waals surface area contributed by atoms with Crippen molar-refractivity contribution in [2.75, 3.05) is 13.7 Å². The Balaban J connectivity index is 1.57. The normalized spacial score (nSPS) is 15.9. The molecule has 2 aromatic carbocycles. The number of hydrogen-bond acceptors (Lipinski definition) is 6. The molecule has 1 fully saturated rings. The number of carbonyl (C=O) groups excluding carboxylic acids is 1. The number of benzene rings is 2. The smallest absolute Gasteiger partial charge is 0.249 e. The van der Waals surface area contributed by atoms with Crippen LogP contribution in [0, 0.1) is 11.6 Å². The van der Waals surface area contributed by atoms with Crippen LogP contribution in [0.2, 0.25) is 0 Å². The Bertz CT molecular complexity index is 1120. The fraction of sp³-hybridized carbons (Fsp3) is 0.348. The SMILES string of the molecule is CCCOc1ccc(-c2noc(C3CCC(=O)N3Cc3cc(F)ccc3F)n2)cc1OC. The minimum atomic E-state index is -0.575. The van der Waals surface area contributed by atoms with Gasteiger partial charge in [0, 0.05) is 24.1 Å². The first-order valence-electron chi connectivity index (χ1n) is 10.4. The van der Waals surface area contributed by atoms with Gasteiger partial charge in [-0.15, -0.1) is 0 Å². The lowest BCUT2D eigenvalue weighted by Gasteiger charge is -2.22. The Labute approximate surface area is 183 Å². The average Bonchev–Trinajstić information content (AvgIpc) is 3.42. The molecule has 2 heterocycles. The van der Waals surface area contributed by atoms with Gasteiger partial charge in [-0.05, 0) is 49.2 Å². The van der Waals surface area contributed by atoms with Crippen molar-refractivity contribution in [3.8, 4) is 22.9 Å². The van der Waals surface area contributed by atoms with E-state index in [1.165, 1.54) is 4.90 Å². The topological polar surface area (TPSA) is 77.7 Å². The van der Waals surface area contributed by atoms with E-state index in [2.05, 4.69) is 10.1 Å². The predicted molar refractivity (Wildman–Crippen MR) is 111 cm³/mol. The van der Waals surface area contributed by atoms with Crippen molar-refractivity contribution in [2.24, 2.45) is 0 Å². The highest BCUT2D eigenvalue weighted by atomic mass is 19.1. The second-order valence-electron chi connectivity index (χ2n) is 7.48. The zero-order valence-corrected chi connectivity index (χ0v) is 17.8. The molecule has 0 bridgehead atoms. The molecule has 0 radical (unpaired) electrons. The van der Waals surface area contributed by atoms with E-state index in [4.69, 9.17) is 14.0 Å². The average molecular weight is 443 g/mol. The van der Waals surface area contributed by atoms with E-state index in [9.17, 15) is 13.6 Å². The lowest BCUT2D eigenvalue weighted by molar-refractivity contribution is -0.130. The summed E-state index contributed by atoms with van der Waals surface area (Å²) >= 11 is 0. The maximum Gasteiger partial charge on any atom is 0.249 e. The summed E-state index contributed by atoms with van der Waals surface area (Å²) < 4.78 is 44.2. The maximum atomic E-state index is 14.1. The van der Waals surface area contributed by atoms with Gasteiger partial charge in [0.1, 0.15) is 17.7 Å². The number of likely N-dealkylation sites (tertiary alicyclic amines) is 1. The number of carbonyl (C=O) groups is 1. The third kappa shape index (κ3) is 4.42. The van der Waals surface area contributed by atoms with Crippen LogP contribution < -0.4 is 9.47 Å². The Morgan fingerprint density at radius 2 is 2.03 bits per heavy atom. The monoisotopic (exact) mass is 443 g/mol. The molecule has 0 spiro atoms. The van der Waals surface area contributed by atoms with E-state index >= 15 is 0 Å². The minimum absolute atomic E-state index is 0.0813. The molecule has 32 heavy (non-hydrogen) atoms. The molecule has 4 rings (SSSR count). The van der Waals surface area contributed by atoms with Gasteiger partial charge in [0.15, 0.2) is 11.5 Å². The number of halogens is 2. The summed E-state index contributed by atoms with van der Waals surface area (Å²) in [5, 5.41) is 4.04. The standard InChI is InChI=1S/C23H23F2N3O4/c1-3-10-31-19-8-4-14(12-20(19)30-2)22-26-23(32-27-22)18-7-9-21(29)28(18)13-15-11-16(24)5-6-17(15)25/h4-6,8,11-12,18H,3,7,9-10,13H2,1-2H3. The van der Waals surface area contributed by atoms with Crippen molar-refractivity contribution in [2.45, 2.75) is 38.8 Å². The molecule has 3 aromatic rings. The molecule has 1 atom stereocenters. The van der Waals surface area contributed by atoms with Crippen molar-refractivity contribution in [3.63, 3.8) is 0 Å². The van der Waals surface area contributed by atoms with Crippen molar-refractivity contribution in [3.05, 3.63) is 59.5 Å². The van der Waals surface area contributed by atoms with Gasteiger partial charge in [-0.3, -0.25) is 4.79 Å². The van der Waals surface area contributed by atoms with Crippen molar-refractivity contribution >= 4 is 5.91 Å². The van der Waals surface area contributed by atoms with Gasteiger partial charge in [-0.2, -0.15) is 4.98 Å². The Kier molecular flexibility index (Phi) is 6.34. The first-order chi connectivity index (χ1) is 15.5. The van der Waals surface area contributed by atoms with Crippen LogP contribution in [0.4, 0.5) is 8.78 Å². The number of rotatable bonds is 8. The molecule has 0 saturated carbocycles. The molecule has 1 aliphatic heterocycles. The van der Waals surface area contributed by atoms with Gasteiger partial charge in [-0.1, -0.05) is 12.1 Å². The van der Waals surface area contributed by atoms with Gasteiger partial charge >= 0.3 is 0 Å². The van der Waals surface area contributed by atoms with Crippen molar-refractivity contribution < 1.29 is 27.6 Å². The van der Waals surface area contributed by atoms with E-state index in [0.29, 0.717) is 35.9 Å². The lowest BCUT2D eigenvalue weighted by Crippen LogP contribution is -2.27. The van der Waals surface area contributed by atoms with E-state index in [1.807, 2.05) is 6.92 Å². The van der Waals surface area contributed by atoms with Crippen molar-refractivity contribution in [1.29, 1.82) is 0 Å². The fourth-order valence-electron chi connectivity index (χ4n) is 3.66.